The van der Waals surface area contributed by atoms with E-state index in [1.54, 1.807) is 0 Å². The molecule has 0 bridgehead atoms. The number of fused-ring (bicyclic) bond motifs is 1. The van der Waals surface area contributed by atoms with Crippen LogP contribution in [0, 0.1) is 0 Å². The first-order valence-electron chi connectivity index (χ1n) is 13.3. The third-order valence-electron chi connectivity index (χ3n) is 7.41. The van der Waals surface area contributed by atoms with Gasteiger partial charge in [0.05, 0.1) is 19.8 Å². The zero-order chi connectivity index (χ0) is 31.2. The van der Waals surface area contributed by atoms with Crippen LogP contribution in [-0.2, 0) is 14.2 Å². The van der Waals surface area contributed by atoms with Crippen molar-refractivity contribution >= 4 is 11.0 Å². The van der Waals surface area contributed by atoms with Gasteiger partial charge in [-0.15, -0.1) is 0 Å². The average molecular weight is 609 g/mol. The Morgan fingerprint density at radius 3 is 2.14 bits per heavy atom. The molecule has 8 N–H and O–H groups in total. The molecule has 0 spiro atoms. The second kappa shape index (κ2) is 12.2. The molecule has 2 fully saturated rings. The zero-order valence-electron chi connectivity index (χ0n) is 22.9. The molecule has 10 atom stereocenters. The Bertz CT molecular complexity index is 1490. The Morgan fingerprint density at radius 1 is 0.814 bits per heavy atom. The summed E-state index contributed by atoms with van der Waals surface area (Å²) < 4.78 is 33.4. The number of aromatic hydroxyl groups is 2. The summed E-state index contributed by atoms with van der Waals surface area (Å²) in [7, 11) is 1.35. The van der Waals surface area contributed by atoms with Gasteiger partial charge in [0.15, 0.2) is 12.1 Å². The lowest BCUT2D eigenvalue weighted by Crippen LogP contribution is -2.61. The lowest BCUT2D eigenvalue weighted by Gasteiger charge is -2.42. The van der Waals surface area contributed by atoms with Crippen LogP contribution in [0.4, 0.5) is 0 Å². The van der Waals surface area contributed by atoms with E-state index in [1.165, 1.54) is 50.4 Å². The minimum absolute atomic E-state index is 0.0725. The van der Waals surface area contributed by atoms with Crippen molar-refractivity contribution in [2.24, 2.45) is 0 Å². The first-order chi connectivity index (χ1) is 20.4. The largest absolute Gasteiger partial charge is 0.508 e. The lowest BCUT2D eigenvalue weighted by atomic mass is 9.98. The predicted octanol–water partition coefficient (Wildman–Crippen LogP) is -1.09. The summed E-state index contributed by atoms with van der Waals surface area (Å²) in [6.45, 7) is 0.889. The number of hydrogen-bond acceptors (Lipinski definition) is 15. The van der Waals surface area contributed by atoms with E-state index >= 15 is 0 Å². The molecular formula is C28H32O15. The summed E-state index contributed by atoms with van der Waals surface area (Å²) >= 11 is 0. The molecule has 0 aliphatic carbocycles. The van der Waals surface area contributed by atoms with E-state index in [-0.39, 0.29) is 33.8 Å². The van der Waals surface area contributed by atoms with Crippen molar-refractivity contribution in [2.45, 2.75) is 68.3 Å². The molecule has 0 unspecified atom stereocenters. The Hall–Kier alpha value is -3.51. The monoisotopic (exact) mass is 608 g/mol. The van der Waals surface area contributed by atoms with Crippen LogP contribution in [0.5, 0.6) is 23.0 Å². The van der Waals surface area contributed by atoms with Gasteiger partial charge in [0.1, 0.15) is 70.9 Å². The number of rotatable bonds is 7. The number of methoxy groups -OCH3 is 1. The maximum absolute atomic E-state index is 13.7. The summed E-state index contributed by atoms with van der Waals surface area (Å²) in [5, 5.41) is 82.0. The summed E-state index contributed by atoms with van der Waals surface area (Å²) in [4.78, 5) is 13.7. The predicted molar refractivity (Wildman–Crippen MR) is 143 cm³/mol. The van der Waals surface area contributed by atoms with Gasteiger partial charge in [-0.05, 0) is 31.2 Å². The molecule has 15 heteroatoms. The third-order valence-corrected chi connectivity index (χ3v) is 7.41. The Kier molecular flexibility index (Phi) is 8.80. The van der Waals surface area contributed by atoms with Crippen molar-refractivity contribution in [3.63, 3.8) is 0 Å². The Balaban J connectivity index is 1.47. The fourth-order valence-electron chi connectivity index (χ4n) is 4.89. The van der Waals surface area contributed by atoms with Gasteiger partial charge in [0.2, 0.25) is 17.5 Å². The Labute approximate surface area is 243 Å². The van der Waals surface area contributed by atoms with E-state index in [9.17, 15) is 45.6 Å². The van der Waals surface area contributed by atoms with E-state index in [1.807, 2.05) is 0 Å². The van der Waals surface area contributed by atoms with Gasteiger partial charge in [-0.2, -0.15) is 0 Å². The summed E-state index contributed by atoms with van der Waals surface area (Å²) in [6, 6.07) is 8.03. The number of aliphatic hydroxyl groups is 6. The van der Waals surface area contributed by atoms with Crippen molar-refractivity contribution in [1.82, 2.24) is 0 Å². The van der Waals surface area contributed by atoms with Gasteiger partial charge in [-0.1, -0.05) is 0 Å². The number of benzene rings is 2. The number of phenolic OH excluding ortho intramolecular Hbond substituents is 2. The number of phenols is 2. The fourth-order valence-corrected chi connectivity index (χ4v) is 4.89. The van der Waals surface area contributed by atoms with Crippen LogP contribution in [0.3, 0.4) is 0 Å². The van der Waals surface area contributed by atoms with Crippen molar-refractivity contribution < 1.29 is 69.0 Å². The number of hydrogen-bond donors (Lipinski definition) is 8. The van der Waals surface area contributed by atoms with E-state index in [0.29, 0.717) is 0 Å². The third kappa shape index (κ3) is 5.86. The molecule has 0 radical (unpaired) electrons. The summed E-state index contributed by atoms with van der Waals surface area (Å²) in [5.74, 6) is -1.11. The average Bonchev–Trinajstić information content (AvgIpc) is 2.99. The summed E-state index contributed by atoms with van der Waals surface area (Å²) in [5.41, 5.74) is -0.705. The smallest absolute Gasteiger partial charge is 0.239 e. The first kappa shape index (κ1) is 30.9. The van der Waals surface area contributed by atoms with Crippen LogP contribution in [0.2, 0.25) is 0 Å². The van der Waals surface area contributed by atoms with Gasteiger partial charge >= 0.3 is 0 Å². The highest BCUT2D eigenvalue weighted by Gasteiger charge is 2.47. The van der Waals surface area contributed by atoms with Crippen LogP contribution in [0.15, 0.2) is 45.6 Å². The van der Waals surface area contributed by atoms with Gasteiger partial charge in [0.25, 0.3) is 0 Å². The quantitative estimate of drug-likeness (QED) is 0.159. The second-order valence-corrected chi connectivity index (χ2v) is 10.3. The first-order valence-corrected chi connectivity index (χ1v) is 13.3. The van der Waals surface area contributed by atoms with E-state index in [2.05, 4.69) is 0 Å². The van der Waals surface area contributed by atoms with Crippen LogP contribution in [-0.4, -0.2) is 116 Å². The zero-order valence-corrected chi connectivity index (χ0v) is 22.9. The molecule has 2 saturated heterocycles. The van der Waals surface area contributed by atoms with Gasteiger partial charge in [-0.25, -0.2) is 0 Å². The molecule has 0 saturated carbocycles. The molecule has 3 heterocycles. The van der Waals surface area contributed by atoms with E-state index < -0.39 is 84.9 Å². The molecule has 2 aromatic carbocycles. The fraction of sp³-hybridized carbons (Fsp3) is 0.464. The van der Waals surface area contributed by atoms with Gasteiger partial charge in [0, 0.05) is 17.7 Å². The molecule has 3 aromatic rings. The van der Waals surface area contributed by atoms with E-state index in [0.717, 1.165) is 0 Å². The Morgan fingerprint density at radius 2 is 1.47 bits per heavy atom. The topological polar surface area (TPSA) is 238 Å². The van der Waals surface area contributed by atoms with Crippen molar-refractivity contribution in [1.29, 1.82) is 0 Å². The maximum atomic E-state index is 13.7. The van der Waals surface area contributed by atoms with Crippen molar-refractivity contribution in [3.05, 3.63) is 46.6 Å². The van der Waals surface area contributed by atoms with E-state index in [4.69, 9.17) is 28.1 Å². The molecule has 234 valence electrons. The molecule has 15 nitrogen and oxygen atoms in total. The molecule has 2 aliphatic rings. The molecule has 0 amide bonds. The molecule has 2 aliphatic heterocycles. The van der Waals surface area contributed by atoms with Crippen LogP contribution in [0.1, 0.15) is 6.92 Å². The molecule has 5 rings (SSSR count). The molecule has 1 aromatic heterocycles. The van der Waals surface area contributed by atoms with Crippen molar-refractivity contribution in [2.75, 3.05) is 13.7 Å². The highest BCUT2D eigenvalue weighted by atomic mass is 16.7. The van der Waals surface area contributed by atoms with Gasteiger partial charge < -0.3 is 69.0 Å². The standard InChI is InChI=1S/C28H32O15/c1-10-18(31)21(34)23(36)27(40-10)39-9-16-19(32)22(35)24(37)28(42-16)43-26-20(33)17-14(30)7-13(38-2)8-15(17)41-25(26)11-3-5-12(29)6-4-11/h3-8,10,16,18-19,21-24,27-32,34-37H,9H2,1-2H3/t10-,16-,18-,19-,21+,22+,23-,24-,27-,28+/m0/s1. The molecule has 43 heavy (non-hydrogen) atoms. The van der Waals surface area contributed by atoms with Crippen LogP contribution < -0.4 is 14.9 Å². The minimum Gasteiger partial charge on any atom is -0.508 e. The summed E-state index contributed by atoms with van der Waals surface area (Å²) in [6.07, 6.45) is -15.7. The lowest BCUT2D eigenvalue weighted by molar-refractivity contribution is -0.318. The normalized spacial score (nSPS) is 32.9. The molecular weight excluding hydrogens is 576 g/mol. The van der Waals surface area contributed by atoms with Gasteiger partial charge in [-0.3, -0.25) is 4.79 Å². The highest BCUT2D eigenvalue weighted by molar-refractivity contribution is 5.88. The van der Waals surface area contributed by atoms with Crippen LogP contribution in [0.25, 0.3) is 22.3 Å². The SMILES string of the molecule is COc1cc(O)c2c(=O)c(O[C@H]3O[C@@H](CO[C@H]4O[C@@H](C)[C@H](O)[C@@H](O)[C@@H]4O)[C@H](O)[C@@H](O)[C@@H]3O)c(-c3ccc(O)cc3)oc2c1. The second-order valence-electron chi connectivity index (χ2n) is 10.3. The minimum atomic E-state index is -1.90. The number of aliphatic hydroxyl groups excluding tert-OH is 6. The highest BCUT2D eigenvalue weighted by Crippen LogP contribution is 2.38. The number of ether oxygens (including phenoxy) is 5. The van der Waals surface area contributed by atoms with Crippen molar-refractivity contribution in [3.8, 4) is 34.3 Å². The van der Waals surface area contributed by atoms with Crippen LogP contribution >= 0.6 is 0 Å². The maximum Gasteiger partial charge on any atom is 0.239 e.